The van der Waals surface area contributed by atoms with Gasteiger partial charge < -0.3 is 20.9 Å². The minimum absolute atomic E-state index is 0.311. The maximum absolute atomic E-state index is 6.04. The van der Waals surface area contributed by atoms with Gasteiger partial charge in [-0.05, 0) is 75.6 Å². The lowest BCUT2D eigenvalue weighted by Crippen LogP contribution is -2.31. The maximum atomic E-state index is 6.04. The summed E-state index contributed by atoms with van der Waals surface area (Å²) in [6.07, 6.45) is 9.11. The summed E-state index contributed by atoms with van der Waals surface area (Å²) in [6.45, 7) is 0. The summed E-state index contributed by atoms with van der Waals surface area (Å²) >= 11 is 0. The number of benzene rings is 1. The fourth-order valence-electron chi connectivity index (χ4n) is 3.39. The van der Waals surface area contributed by atoms with Gasteiger partial charge in [-0.2, -0.15) is 0 Å². The van der Waals surface area contributed by atoms with E-state index in [4.69, 9.17) is 20.9 Å². The highest BCUT2D eigenvalue weighted by Gasteiger charge is 2.21. The molecule has 0 unspecified atom stereocenters. The first-order valence-corrected chi connectivity index (χ1v) is 8.63. The van der Waals surface area contributed by atoms with Crippen LogP contribution >= 0.6 is 0 Å². The van der Waals surface area contributed by atoms with Crippen LogP contribution in [-0.4, -0.2) is 24.3 Å². The van der Waals surface area contributed by atoms with Gasteiger partial charge in [-0.25, -0.2) is 0 Å². The number of nitrogens with two attached hydrogens (primary N) is 2. The Bertz CT molecular complexity index is 404. The Morgan fingerprint density at radius 2 is 0.909 bits per heavy atom. The number of ether oxygens (including phenoxy) is 2. The Morgan fingerprint density at radius 1 is 0.591 bits per heavy atom. The predicted octanol–water partition coefficient (Wildman–Crippen LogP) is 2.98. The Kier molecular flexibility index (Phi) is 5.21. The molecule has 2 aliphatic carbocycles. The number of hydrogen-bond acceptors (Lipinski definition) is 4. The van der Waals surface area contributed by atoms with Crippen LogP contribution in [0.5, 0.6) is 11.5 Å². The van der Waals surface area contributed by atoms with Crippen molar-refractivity contribution < 1.29 is 9.47 Å². The highest BCUT2D eigenvalue weighted by atomic mass is 16.5. The molecular weight excluding hydrogens is 276 g/mol. The number of rotatable bonds is 4. The quantitative estimate of drug-likeness (QED) is 0.897. The zero-order valence-electron chi connectivity index (χ0n) is 13.2. The van der Waals surface area contributed by atoms with Gasteiger partial charge in [0.15, 0.2) is 0 Å². The van der Waals surface area contributed by atoms with E-state index in [0.29, 0.717) is 24.3 Å². The topological polar surface area (TPSA) is 70.5 Å². The van der Waals surface area contributed by atoms with E-state index < -0.39 is 0 Å². The van der Waals surface area contributed by atoms with Crippen LogP contribution in [0.25, 0.3) is 0 Å². The first-order valence-electron chi connectivity index (χ1n) is 8.63. The molecule has 122 valence electrons. The van der Waals surface area contributed by atoms with E-state index in [9.17, 15) is 0 Å². The summed E-state index contributed by atoms with van der Waals surface area (Å²) in [5, 5.41) is 0. The SMILES string of the molecule is NC1CCC(Oc2ccc(OC3CCC(N)CC3)cc2)CC1. The van der Waals surface area contributed by atoms with Gasteiger partial charge in [0, 0.05) is 12.1 Å². The molecule has 0 heterocycles. The summed E-state index contributed by atoms with van der Waals surface area (Å²) in [5.41, 5.74) is 11.9. The highest BCUT2D eigenvalue weighted by molar-refractivity contribution is 5.31. The molecule has 0 saturated heterocycles. The van der Waals surface area contributed by atoms with Gasteiger partial charge in [0.1, 0.15) is 11.5 Å². The molecule has 2 fully saturated rings. The Hall–Kier alpha value is -1.26. The summed E-state index contributed by atoms with van der Waals surface area (Å²) in [5.74, 6) is 1.86. The van der Waals surface area contributed by atoms with E-state index in [1.165, 1.54) is 0 Å². The molecule has 22 heavy (non-hydrogen) atoms. The molecule has 0 radical (unpaired) electrons. The van der Waals surface area contributed by atoms with Crippen LogP contribution in [0, 0.1) is 0 Å². The number of hydrogen-bond donors (Lipinski definition) is 2. The molecule has 1 aromatic carbocycles. The summed E-state index contributed by atoms with van der Waals surface area (Å²) in [7, 11) is 0. The molecule has 0 bridgehead atoms. The van der Waals surface area contributed by atoms with E-state index in [-0.39, 0.29) is 0 Å². The normalized spacial score (nSPS) is 32.5. The third-order valence-electron chi connectivity index (χ3n) is 4.87. The lowest BCUT2D eigenvalue weighted by atomic mass is 9.93. The van der Waals surface area contributed by atoms with Crippen LogP contribution in [0.1, 0.15) is 51.4 Å². The molecule has 3 rings (SSSR count). The van der Waals surface area contributed by atoms with Crippen molar-refractivity contribution in [2.24, 2.45) is 11.5 Å². The van der Waals surface area contributed by atoms with E-state index in [2.05, 4.69) is 0 Å². The first-order chi connectivity index (χ1) is 10.7. The van der Waals surface area contributed by atoms with Crippen molar-refractivity contribution in [2.75, 3.05) is 0 Å². The van der Waals surface area contributed by atoms with Crippen LogP contribution < -0.4 is 20.9 Å². The van der Waals surface area contributed by atoms with Gasteiger partial charge >= 0.3 is 0 Å². The zero-order valence-corrected chi connectivity index (χ0v) is 13.2. The molecule has 0 aromatic heterocycles. The molecule has 0 aliphatic heterocycles. The third kappa shape index (κ3) is 4.37. The summed E-state index contributed by atoms with van der Waals surface area (Å²) in [6, 6.07) is 8.77. The van der Waals surface area contributed by atoms with Gasteiger partial charge in [-0.3, -0.25) is 0 Å². The Morgan fingerprint density at radius 3 is 1.23 bits per heavy atom. The molecule has 1 aromatic rings. The van der Waals surface area contributed by atoms with Crippen molar-refractivity contribution in [1.29, 1.82) is 0 Å². The van der Waals surface area contributed by atoms with E-state index >= 15 is 0 Å². The highest BCUT2D eigenvalue weighted by Crippen LogP contribution is 2.27. The van der Waals surface area contributed by atoms with Crippen molar-refractivity contribution in [3.05, 3.63) is 24.3 Å². The fourth-order valence-corrected chi connectivity index (χ4v) is 3.39. The molecule has 4 heteroatoms. The van der Waals surface area contributed by atoms with Crippen molar-refractivity contribution in [3.63, 3.8) is 0 Å². The van der Waals surface area contributed by atoms with Gasteiger partial charge in [0.05, 0.1) is 12.2 Å². The molecule has 0 amide bonds. The minimum atomic E-state index is 0.311. The molecular formula is C18H28N2O2. The van der Waals surface area contributed by atoms with Crippen LogP contribution in [0.2, 0.25) is 0 Å². The van der Waals surface area contributed by atoms with Gasteiger partial charge in [-0.1, -0.05) is 0 Å². The average molecular weight is 304 g/mol. The summed E-state index contributed by atoms with van der Waals surface area (Å²) < 4.78 is 12.1. The third-order valence-corrected chi connectivity index (χ3v) is 4.87. The van der Waals surface area contributed by atoms with Crippen LogP contribution in [0.4, 0.5) is 0 Å². The maximum Gasteiger partial charge on any atom is 0.119 e. The monoisotopic (exact) mass is 304 g/mol. The lowest BCUT2D eigenvalue weighted by molar-refractivity contribution is 0.142. The average Bonchev–Trinajstić information content (AvgIpc) is 2.54. The van der Waals surface area contributed by atoms with Crippen LogP contribution in [0.15, 0.2) is 24.3 Å². The zero-order chi connectivity index (χ0) is 15.4. The molecule has 2 aliphatic rings. The molecule has 4 N–H and O–H groups in total. The second-order valence-electron chi connectivity index (χ2n) is 6.78. The van der Waals surface area contributed by atoms with Crippen LogP contribution in [-0.2, 0) is 0 Å². The van der Waals surface area contributed by atoms with Gasteiger partial charge in [0.2, 0.25) is 0 Å². The van der Waals surface area contributed by atoms with Gasteiger partial charge in [-0.15, -0.1) is 0 Å². The van der Waals surface area contributed by atoms with Crippen molar-refractivity contribution in [3.8, 4) is 11.5 Å². The molecule has 0 spiro atoms. The minimum Gasteiger partial charge on any atom is -0.490 e. The van der Waals surface area contributed by atoms with Crippen molar-refractivity contribution in [2.45, 2.75) is 75.7 Å². The molecule has 4 nitrogen and oxygen atoms in total. The summed E-state index contributed by atoms with van der Waals surface area (Å²) in [4.78, 5) is 0. The van der Waals surface area contributed by atoms with Gasteiger partial charge in [0.25, 0.3) is 0 Å². The van der Waals surface area contributed by atoms with E-state index in [1.54, 1.807) is 0 Å². The van der Waals surface area contributed by atoms with Crippen LogP contribution in [0.3, 0.4) is 0 Å². The Labute approximate surface area is 133 Å². The van der Waals surface area contributed by atoms with E-state index in [0.717, 1.165) is 62.9 Å². The van der Waals surface area contributed by atoms with Crippen molar-refractivity contribution in [1.82, 2.24) is 0 Å². The lowest BCUT2D eigenvalue weighted by Gasteiger charge is -2.27. The smallest absolute Gasteiger partial charge is 0.119 e. The molecule has 2 saturated carbocycles. The predicted molar refractivity (Wildman–Crippen MR) is 88.2 cm³/mol. The second kappa shape index (κ2) is 7.34. The largest absolute Gasteiger partial charge is 0.490 e. The first kappa shape index (κ1) is 15.6. The standard InChI is InChI=1S/C18H28N2O2/c19-13-1-5-15(6-2-13)21-17-9-11-18(12-10-17)22-16-7-3-14(20)4-8-16/h9-16H,1-8,19-20H2. The Balaban J connectivity index is 1.47. The molecule has 0 atom stereocenters. The van der Waals surface area contributed by atoms with Crippen molar-refractivity contribution >= 4 is 0 Å². The fraction of sp³-hybridized carbons (Fsp3) is 0.667. The second-order valence-corrected chi connectivity index (χ2v) is 6.78. The van der Waals surface area contributed by atoms with E-state index in [1.807, 2.05) is 24.3 Å².